The van der Waals surface area contributed by atoms with Gasteiger partial charge in [0.15, 0.2) is 0 Å². The van der Waals surface area contributed by atoms with Crippen molar-refractivity contribution >= 4 is 11.6 Å². The van der Waals surface area contributed by atoms with Gasteiger partial charge in [-0.25, -0.2) is 0 Å². The molecule has 1 aromatic rings. The second-order valence-electron chi connectivity index (χ2n) is 9.02. The van der Waals surface area contributed by atoms with Crippen LogP contribution in [-0.2, 0) is 9.53 Å². The van der Waals surface area contributed by atoms with Crippen molar-refractivity contribution in [3.63, 3.8) is 0 Å². The molecular weight excluding hydrogens is 364 g/mol. The molecule has 0 saturated carbocycles. The van der Waals surface area contributed by atoms with E-state index in [0.29, 0.717) is 60.8 Å². The number of rotatable bonds is 12. The zero-order valence-corrected chi connectivity index (χ0v) is 19.2. The number of nitrogens with one attached hydrogen (secondary N) is 1. The molecular formula is C24H38N2O3. The van der Waals surface area contributed by atoms with Crippen molar-refractivity contribution in [2.45, 2.75) is 73.3 Å². The summed E-state index contributed by atoms with van der Waals surface area (Å²) in [5.74, 6) is 1.45. The summed E-state index contributed by atoms with van der Waals surface area (Å²) in [5, 5.41) is 12.6. The molecule has 5 heteroatoms. The van der Waals surface area contributed by atoms with Crippen molar-refractivity contribution in [2.24, 2.45) is 17.8 Å². The van der Waals surface area contributed by atoms with Gasteiger partial charge in [0.05, 0.1) is 17.9 Å². The molecule has 1 N–H and O–H groups in total. The predicted molar refractivity (Wildman–Crippen MR) is 118 cm³/mol. The lowest BCUT2D eigenvalue weighted by molar-refractivity contribution is -0.147. The van der Waals surface area contributed by atoms with Gasteiger partial charge in [-0.2, -0.15) is 5.26 Å². The van der Waals surface area contributed by atoms with Crippen LogP contribution < -0.4 is 10.1 Å². The molecule has 0 unspecified atom stereocenters. The third-order valence-electron chi connectivity index (χ3n) is 4.42. The molecule has 5 nitrogen and oxygen atoms in total. The highest BCUT2D eigenvalue weighted by atomic mass is 16.5. The Kier molecular flexibility index (Phi) is 10.2. The van der Waals surface area contributed by atoms with Crippen molar-refractivity contribution in [3.8, 4) is 11.8 Å². The third kappa shape index (κ3) is 8.06. The van der Waals surface area contributed by atoms with Gasteiger partial charge in [0, 0.05) is 6.61 Å². The van der Waals surface area contributed by atoms with Gasteiger partial charge >= 0.3 is 0 Å². The van der Waals surface area contributed by atoms with Crippen LogP contribution in [0, 0.1) is 29.1 Å². The first-order chi connectivity index (χ1) is 13.6. The highest BCUT2D eigenvalue weighted by Crippen LogP contribution is 2.32. The zero-order valence-electron chi connectivity index (χ0n) is 19.2. The number of ether oxygens (including phenoxy) is 2. The van der Waals surface area contributed by atoms with Crippen LogP contribution in [0.15, 0.2) is 18.2 Å². The Morgan fingerprint density at radius 2 is 1.72 bits per heavy atom. The summed E-state index contributed by atoms with van der Waals surface area (Å²) in [6, 6.07) is 7.38. The van der Waals surface area contributed by atoms with E-state index in [2.05, 4.69) is 52.9 Å². The maximum absolute atomic E-state index is 13.4. The number of amides is 1. The number of hydrogen-bond donors (Lipinski definition) is 1. The molecule has 0 spiro atoms. The van der Waals surface area contributed by atoms with E-state index in [9.17, 15) is 10.1 Å². The molecule has 0 heterocycles. The molecule has 0 aliphatic rings. The molecule has 0 aliphatic heterocycles. The smallest absolute Gasteiger partial charge is 0.256 e. The maximum atomic E-state index is 13.4. The lowest BCUT2D eigenvalue weighted by Crippen LogP contribution is -2.48. The van der Waals surface area contributed by atoms with E-state index in [0.717, 1.165) is 6.42 Å². The van der Waals surface area contributed by atoms with Gasteiger partial charge in [-0.05, 0) is 55.2 Å². The van der Waals surface area contributed by atoms with Gasteiger partial charge in [0.2, 0.25) is 0 Å². The number of carbonyl (C=O) groups excluding carboxylic acids is 1. The first-order valence-corrected chi connectivity index (χ1v) is 10.8. The lowest BCUT2D eigenvalue weighted by atomic mass is 9.83. The van der Waals surface area contributed by atoms with Crippen LogP contribution in [0.3, 0.4) is 0 Å². The predicted octanol–water partition coefficient (Wildman–Crippen LogP) is 5.79. The number of anilines is 1. The van der Waals surface area contributed by atoms with Gasteiger partial charge in [0.1, 0.15) is 17.4 Å². The van der Waals surface area contributed by atoms with Gasteiger partial charge in [-0.15, -0.1) is 0 Å². The quantitative estimate of drug-likeness (QED) is 0.480. The van der Waals surface area contributed by atoms with Gasteiger partial charge in [-0.3, -0.25) is 4.79 Å². The van der Waals surface area contributed by atoms with Gasteiger partial charge in [-0.1, -0.05) is 48.5 Å². The van der Waals surface area contributed by atoms with Crippen molar-refractivity contribution < 1.29 is 14.3 Å². The normalized spacial score (nSPS) is 11.8. The Hall–Kier alpha value is -2.06. The van der Waals surface area contributed by atoms with E-state index in [-0.39, 0.29) is 5.91 Å². The molecule has 0 bridgehead atoms. The molecule has 0 aliphatic carbocycles. The molecule has 1 rings (SSSR count). The number of hydrogen-bond acceptors (Lipinski definition) is 4. The summed E-state index contributed by atoms with van der Waals surface area (Å²) in [6.07, 6.45) is 2.11. The van der Waals surface area contributed by atoms with E-state index in [1.807, 2.05) is 6.92 Å². The maximum Gasteiger partial charge on any atom is 0.256 e. The van der Waals surface area contributed by atoms with Crippen LogP contribution in [-0.4, -0.2) is 24.7 Å². The summed E-state index contributed by atoms with van der Waals surface area (Å²) >= 11 is 0. The number of benzene rings is 1. The Balaban J connectivity index is 3.15. The fraction of sp³-hybridized carbons (Fsp3) is 0.667. The molecule has 1 aromatic carbocycles. The molecule has 0 atom stereocenters. The largest absolute Gasteiger partial charge is 0.493 e. The molecule has 0 saturated heterocycles. The summed E-state index contributed by atoms with van der Waals surface area (Å²) < 4.78 is 11.9. The minimum Gasteiger partial charge on any atom is -0.493 e. The van der Waals surface area contributed by atoms with Crippen molar-refractivity contribution in [3.05, 3.63) is 23.8 Å². The highest BCUT2D eigenvalue weighted by molar-refractivity contribution is 5.98. The SMILES string of the molecule is CCCOC(CC(C)C)(CC(C)C)C(=O)Nc1ccc(OCC(C)C)cc1C#N. The highest BCUT2D eigenvalue weighted by Gasteiger charge is 2.40. The van der Waals surface area contributed by atoms with Crippen LogP contribution in [0.4, 0.5) is 5.69 Å². The van der Waals surface area contributed by atoms with Crippen LogP contribution in [0.1, 0.15) is 73.3 Å². The Bertz CT molecular complexity index is 680. The van der Waals surface area contributed by atoms with E-state index in [1.54, 1.807) is 18.2 Å². The summed E-state index contributed by atoms with van der Waals surface area (Å²) in [7, 11) is 0. The van der Waals surface area contributed by atoms with Crippen molar-refractivity contribution in [1.29, 1.82) is 5.26 Å². The second kappa shape index (κ2) is 11.8. The minimum absolute atomic E-state index is 0.180. The van der Waals surface area contributed by atoms with Crippen LogP contribution in [0.2, 0.25) is 0 Å². The second-order valence-corrected chi connectivity index (χ2v) is 9.02. The average molecular weight is 403 g/mol. The minimum atomic E-state index is -0.905. The average Bonchev–Trinajstić information content (AvgIpc) is 2.64. The van der Waals surface area contributed by atoms with Crippen LogP contribution in [0.25, 0.3) is 0 Å². The van der Waals surface area contributed by atoms with Crippen LogP contribution in [0.5, 0.6) is 5.75 Å². The monoisotopic (exact) mass is 402 g/mol. The molecule has 0 aromatic heterocycles. The fourth-order valence-corrected chi connectivity index (χ4v) is 3.38. The molecule has 29 heavy (non-hydrogen) atoms. The van der Waals surface area contributed by atoms with Gasteiger partial charge < -0.3 is 14.8 Å². The van der Waals surface area contributed by atoms with Crippen LogP contribution >= 0.6 is 0 Å². The van der Waals surface area contributed by atoms with Crippen molar-refractivity contribution in [1.82, 2.24) is 0 Å². The third-order valence-corrected chi connectivity index (χ3v) is 4.42. The fourth-order valence-electron chi connectivity index (χ4n) is 3.38. The Labute approximate surface area is 176 Å². The molecule has 0 radical (unpaired) electrons. The number of nitrogens with zero attached hydrogens (tertiary/aromatic N) is 1. The molecule has 162 valence electrons. The number of carbonyl (C=O) groups is 1. The summed E-state index contributed by atoms with van der Waals surface area (Å²) in [6.45, 7) is 15.7. The standard InChI is InChI=1S/C24H38N2O3/c1-8-11-29-24(13-17(2)3,14-18(4)5)23(27)26-22-10-9-21(12-20(22)15-25)28-16-19(6)7/h9-10,12,17-19H,8,11,13-14,16H2,1-7H3,(H,26,27). The Morgan fingerprint density at radius 1 is 1.10 bits per heavy atom. The lowest BCUT2D eigenvalue weighted by Gasteiger charge is -2.35. The first-order valence-electron chi connectivity index (χ1n) is 10.8. The van der Waals surface area contributed by atoms with E-state index in [1.165, 1.54) is 0 Å². The van der Waals surface area contributed by atoms with E-state index < -0.39 is 5.60 Å². The van der Waals surface area contributed by atoms with E-state index >= 15 is 0 Å². The Morgan fingerprint density at radius 3 is 2.21 bits per heavy atom. The molecule has 1 amide bonds. The van der Waals surface area contributed by atoms with E-state index in [4.69, 9.17) is 9.47 Å². The van der Waals surface area contributed by atoms with Gasteiger partial charge in [0.25, 0.3) is 5.91 Å². The number of nitriles is 1. The zero-order chi connectivity index (χ0) is 22.0. The topological polar surface area (TPSA) is 71.3 Å². The summed E-state index contributed by atoms with van der Waals surface area (Å²) in [5.41, 5.74) is -0.0257. The van der Waals surface area contributed by atoms with Crippen molar-refractivity contribution in [2.75, 3.05) is 18.5 Å². The molecule has 0 fully saturated rings. The first kappa shape index (κ1) is 25.0. The summed E-state index contributed by atoms with van der Waals surface area (Å²) in [4.78, 5) is 13.4.